The predicted molar refractivity (Wildman–Crippen MR) is 102 cm³/mol. The van der Waals surface area contributed by atoms with E-state index in [1.165, 1.54) is 0 Å². The van der Waals surface area contributed by atoms with Gasteiger partial charge in [0.25, 0.3) is 11.6 Å². The van der Waals surface area contributed by atoms with Crippen molar-refractivity contribution in [2.24, 2.45) is 0 Å². The van der Waals surface area contributed by atoms with Crippen LogP contribution in [-0.4, -0.2) is 43.1 Å². The third-order valence-corrected chi connectivity index (χ3v) is 5.49. The molecule has 4 heterocycles. The van der Waals surface area contributed by atoms with E-state index in [1.54, 1.807) is 0 Å². The van der Waals surface area contributed by atoms with Crippen LogP contribution in [0.3, 0.4) is 0 Å². The molecule has 142 valence electrons. The first-order chi connectivity index (χ1) is 13.0. The molecule has 0 saturated carbocycles. The van der Waals surface area contributed by atoms with E-state index in [4.69, 9.17) is 4.52 Å². The molecule has 0 N–H and O–H groups in total. The fourth-order valence-corrected chi connectivity index (χ4v) is 4.04. The standard InChI is InChI=1S/C20H25N5O2/c1-13-12-17(18-14(2)23-27-19(18)22-13)20(26)25-9-5-4-6-16(25)7-10-24-11-8-21-15(24)3/h8,11-12,16H,4-7,9-10H2,1-3H3/t16-/m1/s1. The molecule has 7 nitrogen and oxygen atoms in total. The van der Waals surface area contributed by atoms with E-state index in [0.29, 0.717) is 17.0 Å². The Morgan fingerprint density at radius 3 is 2.93 bits per heavy atom. The number of rotatable bonds is 4. The highest BCUT2D eigenvalue weighted by molar-refractivity contribution is 6.06. The minimum atomic E-state index is 0.0591. The lowest BCUT2D eigenvalue weighted by Crippen LogP contribution is -2.44. The summed E-state index contributed by atoms with van der Waals surface area (Å²) in [5, 5.41) is 4.74. The Morgan fingerprint density at radius 1 is 1.30 bits per heavy atom. The highest BCUT2D eigenvalue weighted by Crippen LogP contribution is 2.27. The second kappa shape index (κ2) is 7.13. The summed E-state index contributed by atoms with van der Waals surface area (Å²) in [6.07, 6.45) is 8.00. The van der Waals surface area contributed by atoms with Crippen molar-refractivity contribution < 1.29 is 9.32 Å². The van der Waals surface area contributed by atoms with Crippen LogP contribution in [0.15, 0.2) is 23.0 Å². The van der Waals surface area contributed by atoms with Crippen molar-refractivity contribution >= 4 is 17.0 Å². The van der Waals surface area contributed by atoms with Gasteiger partial charge in [-0.05, 0) is 52.5 Å². The average Bonchev–Trinajstić information content (AvgIpc) is 3.24. The van der Waals surface area contributed by atoms with Gasteiger partial charge in [-0.1, -0.05) is 5.16 Å². The molecule has 1 atom stereocenters. The molecule has 3 aromatic heterocycles. The van der Waals surface area contributed by atoms with Crippen molar-refractivity contribution in [3.05, 3.63) is 41.2 Å². The Balaban J connectivity index is 1.61. The number of pyridine rings is 1. The van der Waals surface area contributed by atoms with Crippen LogP contribution >= 0.6 is 0 Å². The summed E-state index contributed by atoms with van der Waals surface area (Å²) >= 11 is 0. The average molecular weight is 367 g/mol. The highest BCUT2D eigenvalue weighted by Gasteiger charge is 2.29. The maximum absolute atomic E-state index is 13.5. The van der Waals surface area contributed by atoms with Gasteiger partial charge >= 0.3 is 0 Å². The van der Waals surface area contributed by atoms with Gasteiger partial charge in [0.05, 0.1) is 16.6 Å². The number of hydrogen-bond donors (Lipinski definition) is 0. The van der Waals surface area contributed by atoms with Crippen LogP contribution in [0.5, 0.6) is 0 Å². The number of amides is 1. The number of aromatic nitrogens is 4. The molecule has 1 fully saturated rings. The smallest absolute Gasteiger partial charge is 0.258 e. The highest BCUT2D eigenvalue weighted by atomic mass is 16.5. The summed E-state index contributed by atoms with van der Waals surface area (Å²) in [5.74, 6) is 1.07. The molecule has 27 heavy (non-hydrogen) atoms. The number of likely N-dealkylation sites (tertiary alicyclic amines) is 1. The van der Waals surface area contributed by atoms with E-state index in [1.807, 2.05) is 44.1 Å². The molecule has 4 rings (SSSR count). The van der Waals surface area contributed by atoms with E-state index in [-0.39, 0.29) is 11.9 Å². The summed E-state index contributed by atoms with van der Waals surface area (Å²) in [5.41, 5.74) is 2.58. The van der Waals surface area contributed by atoms with Gasteiger partial charge in [0.2, 0.25) is 0 Å². The first-order valence-corrected chi connectivity index (χ1v) is 9.57. The van der Waals surface area contributed by atoms with E-state index < -0.39 is 0 Å². The van der Waals surface area contributed by atoms with Crippen LogP contribution in [0.25, 0.3) is 11.1 Å². The maximum Gasteiger partial charge on any atom is 0.258 e. The minimum Gasteiger partial charge on any atom is -0.336 e. The molecular weight excluding hydrogens is 342 g/mol. The SMILES string of the molecule is Cc1cc(C(=O)N2CCCC[C@@H]2CCn2ccnc2C)c2c(C)noc2n1. The minimum absolute atomic E-state index is 0.0591. The zero-order valence-electron chi connectivity index (χ0n) is 16.1. The van der Waals surface area contributed by atoms with Crippen LogP contribution in [0.4, 0.5) is 0 Å². The number of imidazole rings is 1. The molecule has 1 aliphatic heterocycles. The van der Waals surface area contributed by atoms with Gasteiger partial charge < -0.3 is 14.0 Å². The van der Waals surface area contributed by atoms with Gasteiger partial charge in [0, 0.05) is 37.2 Å². The molecule has 0 unspecified atom stereocenters. The van der Waals surface area contributed by atoms with Gasteiger partial charge in [-0.15, -0.1) is 0 Å². The quantitative estimate of drug-likeness (QED) is 0.706. The first-order valence-electron chi connectivity index (χ1n) is 9.57. The Kier molecular flexibility index (Phi) is 4.68. The van der Waals surface area contributed by atoms with E-state index in [9.17, 15) is 4.79 Å². The molecular formula is C20H25N5O2. The van der Waals surface area contributed by atoms with Crippen molar-refractivity contribution in [3.63, 3.8) is 0 Å². The van der Waals surface area contributed by atoms with Crippen LogP contribution in [0.2, 0.25) is 0 Å². The van der Waals surface area contributed by atoms with Crippen LogP contribution in [0, 0.1) is 20.8 Å². The Bertz CT molecular complexity index is 974. The molecule has 7 heteroatoms. The van der Waals surface area contributed by atoms with Crippen molar-refractivity contribution in [2.45, 2.75) is 59.0 Å². The largest absolute Gasteiger partial charge is 0.336 e. The normalized spacial score (nSPS) is 17.6. The monoisotopic (exact) mass is 367 g/mol. The van der Waals surface area contributed by atoms with Gasteiger partial charge in [-0.2, -0.15) is 0 Å². The lowest BCUT2D eigenvalue weighted by atomic mass is 9.97. The summed E-state index contributed by atoms with van der Waals surface area (Å²) in [7, 11) is 0. The third-order valence-electron chi connectivity index (χ3n) is 5.49. The van der Waals surface area contributed by atoms with E-state index in [2.05, 4.69) is 19.7 Å². The number of aryl methyl sites for hydroxylation is 4. The number of hydrogen-bond acceptors (Lipinski definition) is 5. The summed E-state index contributed by atoms with van der Waals surface area (Å²) < 4.78 is 7.45. The van der Waals surface area contributed by atoms with Crippen LogP contribution < -0.4 is 0 Å². The lowest BCUT2D eigenvalue weighted by molar-refractivity contribution is 0.0597. The number of fused-ring (bicyclic) bond motifs is 1. The Hall–Kier alpha value is -2.70. The molecule has 0 aromatic carbocycles. The van der Waals surface area contributed by atoms with Crippen molar-refractivity contribution in [1.82, 2.24) is 24.6 Å². The molecule has 1 saturated heterocycles. The van der Waals surface area contributed by atoms with Gasteiger partial charge in [0.1, 0.15) is 5.82 Å². The van der Waals surface area contributed by atoms with Gasteiger partial charge in [-0.3, -0.25) is 4.79 Å². The fraction of sp³-hybridized carbons (Fsp3) is 0.500. The zero-order chi connectivity index (χ0) is 19.0. The van der Waals surface area contributed by atoms with E-state index in [0.717, 1.165) is 55.7 Å². The van der Waals surface area contributed by atoms with Crippen molar-refractivity contribution in [1.29, 1.82) is 0 Å². The molecule has 1 amide bonds. The number of piperidine rings is 1. The molecule has 0 bridgehead atoms. The number of nitrogens with zero attached hydrogens (tertiary/aromatic N) is 5. The topological polar surface area (TPSA) is 77.0 Å². The fourth-order valence-electron chi connectivity index (χ4n) is 4.04. The number of carbonyl (C=O) groups excluding carboxylic acids is 1. The molecule has 0 aliphatic carbocycles. The third kappa shape index (κ3) is 3.34. The summed E-state index contributed by atoms with van der Waals surface area (Å²) in [6, 6.07) is 2.09. The van der Waals surface area contributed by atoms with E-state index >= 15 is 0 Å². The van der Waals surface area contributed by atoms with Gasteiger partial charge in [-0.25, -0.2) is 9.97 Å². The van der Waals surface area contributed by atoms with Crippen molar-refractivity contribution in [2.75, 3.05) is 6.54 Å². The predicted octanol–water partition coefficient (Wildman–Crippen LogP) is 3.43. The van der Waals surface area contributed by atoms with Gasteiger partial charge in [0.15, 0.2) is 0 Å². The first kappa shape index (κ1) is 17.7. The second-order valence-corrected chi connectivity index (χ2v) is 7.36. The maximum atomic E-state index is 13.5. The molecule has 0 radical (unpaired) electrons. The molecule has 0 spiro atoms. The van der Waals surface area contributed by atoms with Crippen molar-refractivity contribution in [3.8, 4) is 0 Å². The Morgan fingerprint density at radius 2 is 2.15 bits per heavy atom. The summed E-state index contributed by atoms with van der Waals surface area (Å²) in [4.78, 5) is 24.2. The van der Waals surface area contributed by atoms with Crippen LogP contribution in [0.1, 0.15) is 53.3 Å². The zero-order valence-corrected chi connectivity index (χ0v) is 16.1. The summed E-state index contributed by atoms with van der Waals surface area (Å²) in [6.45, 7) is 7.41. The second-order valence-electron chi connectivity index (χ2n) is 7.36. The lowest BCUT2D eigenvalue weighted by Gasteiger charge is -2.36. The molecule has 1 aliphatic rings. The number of carbonyl (C=O) groups is 1. The van der Waals surface area contributed by atoms with Crippen LogP contribution in [-0.2, 0) is 6.54 Å². The Labute approximate surface area is 158 Å². The molecule has 3 aromatic rings.